The Morgan fingerprint density at radius 3 is 1.00 bits per heavy atom. The molecule has 12 heteroatoms. The molecule has 0 rings (SSSR count). The number of carboxylic acids is 4. The smallest absolute Gasteiger partial charge is 0.549 e. The standard InChI is InChI=1S/C9H16O4.2C2H5NO2.2K/c10-8(11)6-4-2-1-3-5-7-9(12)13;2*3-1-2(4)5;;/h1-7H2,(H,10,11)(H,12,13);2*1,3H2,(H,4,5);;/q;;;2*+1/p-2. The van der Waals surface area contributed by atoms with Gasteiger partial charge in [0, 0.05) is 25.9 Å². The number of nitrogens with two attached hydrogens (primary N) is 2. The molecule has 0 spiro atoms. The monoisotopic (exact) mass is 414 g/mol. The van der Waals surface area contributed by atoms with Crippen LogP contribution in [0.2, 0.25) is 0 Å². The van der Waals surface area contributed by atoms with Gasteiger partial charge in [-0.15, -0.1) is 0 Å². The number of hydrogen-bond acceptors (Lipinski definition) is 8. The first kappa shape index (κ1) is 36.9. The van der Waals surface area contributed by atoms with Gasteiger partial charge in [0.15, 0.2) is 0 Å². The Hall–Kier alpha value is 1.07. The first-order chi connectivity index (χ1) is 10.7. The van der Waals surface area contributed by atoms with Crippen LogP contribution in [0.4, 0.5) is 0 Å². The summed E-state index contributed by atoms with van der Waals surface area (Å²) in [5.74, 6) is -3.95. The Labute approximate surface area is 231 Å². The first-order valence-corrected chi connectivity index (χ1v) is 6.90. The number of unbranched alkanes of at least 4 members (excludes halogenated alkanes) is 4. The molecule has 0 aliphatic rings. The van der Waals surface area contributed by atoms with E-state index < -0.39 is 23.9 Å². The molecule has 0 amide bonds. The summed E-state index contributed by atoms with van der Waals surface area (Å²) in [7, 11) is 0. The van der Waals surface area contributed by atoms with Crippen molar-refractivity contribution < 1.29 is 142 Å². The fourth-order valence-corrected chi connectivity index (χ4v) is 1.08. The largest absolute Gasteiger partial charge is 1.00 e. The van der Waals surface area contributed by atoms with Gasteiger partial charge < -0.3 is 41.5 Å². The Bertz CT molecular complexity index is 325. The second-order valence-electron chi connectivity index (χ2n) is 4.21. The topological polar surface area (TPSA) is 207 Å². The number of hydrogen-bond donors (Lipinski definition) is 4. The van der Waals surface area contributed by atoms with Gasteiger partial charge in [0.05, 0.1) is 11.9 Å². The summed E-state index contributed by atoms with van der Waals surface area (Å²) in [6, 6.07) is 0. The Morgan fingerprint density at radius 1 is 0.640 bits per heavy atom. The Kier molecular flexibility index (Phi) is 44.0. The van der Waals surface area contributed by atoms with Gasteiger partial charge in [-0.25, -0.2) is 0 Å². The average Bonchev–Trinajstić information content (AvgIpc) is 2.46. The summed E-state index contributed by atoms with van der Waals surface area (Å²) < 4.78 is 0. The minimum absolute atomic E-state index is 0. The molecule has 0 aromatic carbocycles. The molecular weight excluding hydrogens is 390 g/mol. The number of rotatable bonds is 10. The fourth-order valence-electron chi connectivity index (χ4n) is 1.08. The number of carbonyl (C=O) groups is 4. The molecule has 0 atom stereocenters. The van der Waals surface area contributed by atoms with E-state index in [1.54, 1.807) is 0 Å². The van der Waals surface area contributed by atoms with Crippen LogP contribution in [0.1, 0.15) is 44.9 Å². The van der Waals surface area contributed by atoms with Gasteiger partial charge in [0.2, 0.25) is 0 Å². The van der Waals surface area contributed by atoms with Gasteiger partial charge in [-0.1, -0.05) is 19.3 Å². The fraction of sp³-hybridized carbons (Fsp3) is 0.692. The molecule has 6 N–H and O–H groups in total. The third-order valence-corrected chi connectivity index (χ3v) is 2.11. The van der Waals surface area contributed by atoms with Crippen molar-refractivity contribution in [3.63, 3.8) is 0 Å². The quantitative estimate of drug-likeness (QED) is 0.196. The third-order valence-electron chi connectivity index (χ3n) is 2.11. The van der Waals surface area contributed by atoms with E-state index in [9.17, 15) is 9.59 Å². The van der Waals surface area contributed by atoms with Crippen LogP contribution in [0.15, 0.2) is 0 Å². The van der Waals surface area contributed by atoms with E-state index in [4.69, 9.17) is 30.0 Å². The second kappa shape index (κ2) is 29.8. The van der Waals surface area contributed by atoms with Gasteiger partial charge in [-0.05, 0) is 12.8 Å². The van der Waals surface area contributed by atoms with Gasteiger partial charge in [0.25, 0.3) is 0 Å². The van der Waals surface area contributed by atoms with Gasteiger partial charge in [-0.2, -0.15) is 0 Å². The molecule has 0 saturated heterocycles. The molecule has 0 aliphatic heterocycles. The van der Waals surface area contributed by atoms with Crippen LogP contribution in [-0.4, -0.2) is 47.2 Å². The SMILES string of the molecule is NCC(=O)[O-].NCC(=O)[O-].O=C(O)CCCCCCCC(=O)O.[K+].[K+]. The van der Waals surface area contributed by atoms with Crippen molar-refractivity contribution in [2.75, 3.05) is 13.1 Å². The zero-order valence-corrected chi connectivity index (χ0v) is 21.1. The molecule has 0 unspecified atom stereocenters. The van der Waals surface area contributed by atoms with E-state index in [1.165, 1.54) is 0 Å². The predicted octanol–water partition coefficient (Wildman–Crippen LogP) is -8.72. The molecule has 136 valence electrons. The summed E-state index contributed by atoms with van der Waals surface area (Å²) in [5, 5.41) is 34.9. The normalized spacial score (nSPS) is 8.08. The van der Waals surface area contributed by atoms with E-state index in [0.29, 0.717) is 12.8 Å². The van der Waals surface area contributed by atoms with Crippen molar-refractivity contribution in [1.82, 2.24) is 0 Å². The van der Waals surface area contributed by atoms with Gasteiger partial charge >= 0.3 is 115 Å². The van der Waals surface area contributed by atoms with E-state index in [0.717, 1.165) is 19.3 Å². The van der Waals surface area contributed by atoms with Crippen LogP contribution in [-0.2, 0) is 19.2 Å². The summed E-state index contributed by atoms with van der Waals surface area (Å²) in [4.78, 5) is 38.5. The van der Waals surface area contributed by atoms with Crippen molar-refractivity contribution >= 4 is 23.9 Å². The van der Waals surface area contributed by atoms with Crippen molar-refractivity contribution in [1.29, 1.82) is 0 Å². The number of carboxylic acid groups (broad SMARTS) is 4. The summed E-state index contributed by atoms with van der Waals surface area (Å²) in [6.45, 7) is -0.778. The molecule has 0 fully saturated rings. The van der Waals surface area contributed by atoms with E-state index in [-0.39, 0.29) is 129 Å². The molecule has 0 aromatic rings. The van der Waals surface area contributed by atoms with Crippen LogP contribution in [0, 0.1) is 0 Å². The number of carbonyl (C=O) groups excluding carboxylic acids is 2. The summed E-state index contributed by atoms with van der Waals surface area (Å²) in [5.41, 5.74) is 9.02. The summed E-state index contributed by atoms with van der Waals surface area (Å²) in [6.07, 6.45) is 4.53. The summed E-state index contributed by atoms with van der Waals surface area (Å²) >= 11 is 0. The van der Waals surface area contributed by atoms with E-state index >= 15 is 0 Å². The van der Waals surface area contributed by atoms with Crippen LogP contribution < -0.4 is 124 Å². The van der Waals surface area contributed by atoms with E-state index in [1.807, 2.05) is 0 Å². The maximum atomic E-state index is 10.1. The molecule has 0 radical (unpaired) electrons. The van der Waals surface area contributed by atoms with Gasteiger partial charge in [-0.3, -0.25) is 9.59 Å². The van der Waals surface area contributed by atoms with Crippen molar-refractivity contribution in [2.45, 2.75) is 44.9 Å². The molecule has 0 heterocycles. The van der Waals surface area contributed by atoms with Crippen LogP contribution in [0.25, 0.3) is 0 Å². The minimum Gasteiger partial charge on any atom is -0.549 e. The second-order valence-corrected chi connectivity index (χ2v) is 4.21. The first-order valence-electron chi connectivity index (χ1n) is 6.90. The van der Waals surface area contributed by atoms with Crippen LogP contribution in [0.3, 0.4) is 0 Å². The van der Waals surface area contributed by atoms with E-state index in [2.05, 4.69) is 11.5 Å². The van der Waals surface area contributed by atoms with Crippen molar-refractivity contribution in [3.05, 3.63) is 0 Å². The van der Waals surface area contributed by atoms with Crippen LogP contribution in [0.5, 0.6) is 0 Å². The maximum absolute atomic E-state index is 10.1. The molecule has 0 saturated carbocycles. The van der Waals surface area contributed by atoms with Crippen molar-refractivity contribution in [2.24, 2.45) is 11.5 Å². The third kappa shape index (κ3) is 58.8. The maximum Gasteiger partial charge on any atom is 1.00 e. The molecule has 25 heavy (non-hydrogen) atoms. The molecular formula is C13H24K2N2O8. The van der Waals surface area contributed by atoms with Crippen molar-refractivity contribution in [3.8, 4) is 0 Å². The molecule has 0 aromatic heterocycles. The zero-order valence-electron chi connectivity index (χ0n) is 14.9. The average molecular weight is 415 g/mol. The van der Waals surface area contributed by atoms with Crippen LogP contribution >= 0.6 is 0 Å². The molecule has 0 bridgehead atoms. The number of aliphatic carboxylic acids is 4. The molecule has 0 aliphatic carbocycles. The Morgan fingerprint density at radius 2 is 0.840 bits per heavy atom. The zero-order chi connectivity index (χ0) is 18.7. The minimum atomic E-state index is -1.22. The Balaban J connectivity index is -0.0000000933. The van der Waals surface area contributed by atoms with Gasteiger partial charge in [0.1, 0.15) is 0 Å². The predicted molar refractivity (Wildman–Crippen MR) is 75.7 cm³/mol. The molecule has 10 nitrogen and oxygen atoms in total.